The summed E-state index contributed by atoms with van der Waals surface area (Å²) in [5.74, 6) is 2.30. The molecular formula is C26H32N2O3. The summed E-state index contributed by atoms with van der Waals surface area (Å²) in [5, 5.41) is 0. The van der Waals surface area contributed by atoms with E-state index in [1.54, 1.807) is 21.3 Å². The van der Waals surface area contributed by atoms with Gasteiger partial charge in [-0.1, -0.05) is 23.8 Å². The van der Waals surface area contributed by atoms with E-state index < -0.39 is 0 Å². The summed E-state index contributed by atoms with van der Waals surface area (Å²) < 4.78 is 19.3. The fourth-order valence-corrected chi connectivity index (χ4v) is 4.66. The second kappa shape index (κ2) is 9.06. The summed E-state index contributed by atoms with van der Waals surface area (Å²) in [7, 11) is 5.06. The lowest BCUT2D eigenvalue weighted by Crippen LogP contribution is -2.30. The summed E-state index contributed by atoms with van der Waals surface area (Å²) >= 11 is 0. The topological polar surface area (TPSA) is 35.9 Å². The lowest BCUT2D eigenvalue weighted by Gasteiger charge is -2.32. The van der Waals surface area contributed by atoms with Crippen molar-refractivity contribution in [1.29, 1.82) is 0 Å². The van der Waals surface area contributed by atoms with Crippen LogP contribution in [0.15, 0.2) is 48.7 Å². The Morgan fingerprint density at radius 1 is 0.903 bits per heavy atom. The Kier molecular flexibility index (Phi) is 6.23. The van der Waals surface area contributed by atoms with E-state index in [1.807, 2.05) is 12.1 Å². The zero-order valence-corrected chi connectivity index (χ0v) is 19.1. The predicted octanol–water partition coefficient (Wildman–Crippen LogP) is 5.13. The van der Waals surface area contributed by atoms with E-state index in [2.05, 4.69) is 59.8 Å². The van der Waals surface area contributed by atoms with Gasteiger partial charge in [0.15, 0.2) is 0 Å². The average molecular weight is 421 g/mol. The highest BCUT2D eigenvalue weighted by Crippen LogP contribution is 2.40. The summed E-state index contributed by atoms with van der Waals surface area (Å²) in [6, 6.07) is 15.2. The van der Waals surface area contributed by atoms with E-state index in [0.29, 0.717) is 0 Å². The van der Waals surface area contributed by atoms with Crippen molar-refractivity contribution in [3.05, 3.63) is 76.6 Å². The molecule has 1 atom stereocenters. The molecule has 1 aromatic heterocycles. The molecule has 1 aliphatic heterocycles. The molecular weight excluding hydrogens is 388 g/mol. The minimum absolute atomic E-state index is 0.161. The third-order valence-electron chi connectivity index (χ3n) is 6.26. The van der Waals surface area contributed by atoms with Gasteiger partial charge in [0.25, 0.3) is 0 Å². The Hall–Kier alpha value is -2.92. The van der Waals surface area contributed by atoms with Gasteiger partial charge in [0.1, 0.15) is 17.2 Å². The van der Waals surface area contributed by atoms with Crippen molar-refractivity contribution >= 4 is 0 Å². The van der Waals surface area contributed by atoms with Crippen LogP contribution in [0.25, 0.3) is 0 Å². The first-order chi connectivity index (χ1) is 15.0. The largest absolute Gasteiger partial charge is 0.496 e. The van der Waals surface area contributed by atoms with E-state index in [1.165, 1.54) is 22.4 Å². The molecule has 164 valence electrons. The second-order valence-electron chi connectivity index (χ2n) is 8.22. The number of hydrogen-bond acceptors (Lipinski definition) is 4. The van der Waals surface area contributed by atoms with E-state index in [-0.39, 0.29) is 6.04 Å². The van der Waals surface area contributed by atoms with Gasteiger partial charge in [-0.2, -0.15) is 0 Å². The van der Waals surface area contributed by atoms with Gasteiger partial charge < -0.3 is 18.8 Å². The quantitative estimate of drug-likeness (QED) is 0.554. The molecule has 0 saturated carbocycles. The third kappa shape index (κ3) is 4.15. The van der Waals surface area contributed by atoms with Gasteiger partial charge in [-0.3, -0.25) is 4.90 Å². The zero-order valence-electron chi connectivity index (χ0n) is 19.1. The fourth-order valence-electron chi connectivity index (χ4n) is 4.66. The molecule has 0 aliphatic carbocycles. The highest BCUT2D eigenvalue weighted by atomic mass is 16.5. The second-order valence-corrected chi connectivity index (χ2v) is 8.22. The Bertz CT molecular complexity index is 1030. The molecule has 2 aromatic carbocycles. The van der Waals surface area contributed by atoms with Crippen LogP contribution in [-0.4, -0.2) is 37.3 Å². The van der Waals surface area contributed by atoms with E-state index in [4.69, 9.17) is 14.2 Å². The first-order valence-corrected chi connectivity index (χ1v) is 10.8. The van der Waals surface area contributed by atoms with Crippen LogP contribution >= 0.6 is 0 Å². The normalized spacial score (nSPS) is 16.5. The average Bonchev–Trinajstić information content (AvgIpc) is 3.17. The van der Waals surface area contributed by atoms with Gasteiger partial charge in [0, 0.05) is 43.7 Å². The highest BCUT2D eigenvalue weighted by molar-refractivity contribution is 5.51. The summed E-state index contributed by atoms with van der Waals surface area (Å²) in [5.41, 5.74) is 6.32. The number of benzene rings is 2. The first-order valence-electron chi connectivity index (χ1n) is 10.8. The molecule has 0 bridgehead atoms. The van der Waals surface area contributed by atoms with Crippen LogP contribution in [0.1, 0.15) is 40.4 Å². The smallest absolute Gasteiger partial charge is 0.130 e. The maximum atomic E-state index is 5.75. The molecule has 31 heavy (non-hydrogen) atoms. The highest BCUT2D eigenvalue weighted by Gasteiger charge is 2.30. The van der Waals surface area contributed by atoms with E-state index in [9.17, 15) is 0 Å². The summed E-state index contributed by atoms with van der Waals surface area (Å²) in [6.45, 7) is 7.10. The van der Waals surface area contributed by atoms with Crippen molar-refractivity contribution in [2.24, 2.45) is 0 Å². The maximum absolute atomic E-state index is 5.75. The molecule has 0 amide bonds. The number of rotatable bonds is 6. The van der Waals surface area contributed by atoms with Crippen LogP contribution in [0.5, 0.6) is 17.2 Å². The number of fused-ring (bicyclic) bond motifs is 1. The number of ether oxygens (including phenoxy) is 3. The van der Waals surface area contributed by atoms with Crippen LogP contribution in [0.3, 0.4) is 0 Å². The molecule has 0 N–H and O–H groups in total. The molecule has 4 rings (SSSR count). The monoisotopic (exact) mass is 420 g/mol. The molecule has 1 aliphatic rings. The molecule has 0 radical (unpaired) electrons. The van der Waals surface area contributed by atoms with Gasteiger partial charge in [0.05, 0.1) is 32.9 Å². The van der Waals surface area contributed by atoms with E-state index >= 15 is 0 Å². The van der Waals surface area contributed by atoms with E-state index in [0.717, 1.165) is 48.9 Å². The van der Waals surface area contributed by atoms with Gasteiger partial charge in [-0.05, 0) is 43.5 Å². The number of nitrogens with zero attached hydrogens (tertiary/aromatic N) is 2. The molecule has 3 aromatic rings. The van der Waals surface area contributed by atoms with Crippen molar-refractivity contribution in [2.45, 2.75) is 39.4 Å². The van der Waals surface area contributed by atoms with Crippen molar-refractivity contribution in [2.75, 3.05) is 27.9 Å². The maximum Gasteiger partial charge on any atom is 0.130 e. The summed E-state index contributed by atoms with van der Waals surface area (Å²) in [6.07, 6.45) is 3.29. The lowest BCUT2D eigenvalue weighted by molar-refractivity contribution is 0.213. The molecule has 0 fully saturated rings. The number of methoxy groups -OCH3 is 3. The van der Waals surface area contributed by atoms with Crippen molar-refractivity contribution in [3.63, 3.8) is 0 Å². The predicted molar refractivity (Wildman–Crippen MR) is 123 cm³/mol. The first kappa shape index (κ1) is 21.3. The molecule has 5 heteroatoms. The van der Waals surface area contributed by atoms with Crippen LogP contribution < -0.4 is 14.2 Å². The van der Waals surface area contributed by atoms with Gasteiger partial charge >= 0.3 is 0 Å². The zero-order chi connectivity index (χ0) is 22.0. The van der Waals surface area contributed by atoms with Crippen LogP contribution in [0, 0.1) is 13.8 Å². The Morgan fingerprint density at radius 2 is 1.65 bits per heavy atom. The minimum atomic E-state index is 0.161. The van der Waals surface area contributed by atoms with Crippen LogP contribution in [0.4, 0.5) is 0 Å². The Morgan fingerprint density at radius 3 is 2.32 bits per heavy atom. The Labute approximate surface area is 185 Å². The molecule has 0 unspecified atom stereocenters. The van der Waals surface area contributed by atoms with Crippen LogP contribution in [0.2, 0.25) is 0 Å². The van der Waals surface area contributed by atoms with Gasteiger partial charge in [0.2, 0.25) is 0 Å². The van der Waals surface area contributed by atoms with Crippen molar-refractivity contribution < 1.29 is 14.2 Å². The SMILES string of the molecule is COc1cc(OC)c(CN2CCCn3cccc3[C@H]2c2cc(C)ccc2C)c(OC)c1. The Balaban J connectivity index is 1.82. The lowest BCUT2D eigenvalue weighted by atomic mass is 9.95. The molecule has 2 heterocycles. The third-order valence-corrected chi connectivity index (χ3v) is 6.26. The fraction of sp³-hybridized carbons (Fsp3) is 0.385. The minimum Gasteiger partial charge on any atom is -0.496 e. The number of hydrogen-bond donors (Lipinski definition) is 0. The van der Waals surface area contributed by atoms with Crippen molar-refractivity contribution in [1.82, 2.24) is 9.47 Å². The standard InChI is InChI=1S/C26H32N2O3/c1-18-9-10-19(2)21(14-18)26-23-8-6-11-27(23)12-7-13-28(26)17-22-24(30-4)15-20(29-3)16-25(22)31-5/h6,8-11,14-16,26H,7,12-13,17H2,1-5H3/t26-/m1/s1. The molecule has 0 spiro atoms. The van der Waals surface area contributed by atoms with Crippen molar-refractivity contribution in [3.8, 4) is 17.2 Å². The van der Waals surface area contributed by atoms with Gasteiger partial charge in [-0.15, -0.1) is 0 Å². The summed E-state index contributed by atoms with van der Waals surface area (Å²) in [4.78, 5) is 2.55. The number of aromatic nitrogens is 1. The number of aryl methyl sites for hydroxylation is 3. The van der Waals surface area contributed by atoms with Crippen LogP contribution in [-0.2, 0) is 13.1 Å². The van der Waals surface area contributed by atoms with Gasteiger partial charge in [-0.25, -0.2) is 0 Å². The molecule has 5 nitrogen and oxygen atoms in total. The molecule has 0 saturated heterocycles.